The van der Waals surface area contributed by atoms with E-state index in [2.05, 4.69) is 31.7 Å². The molecule has 39 heavy (non-hydrogen) atoms. The van der Waals surface area contributed by atoms with Gasteiger partial charge in [-0.1, -0.05) is 0 Å². The third-order valence-corrected chi connectivity index (χ3v) is 6.64. The van der Waals surface area contributed by atoms with E-state index in [0.717, 1.165) is 12.2 Å². The van der Waals surface area contributed by atoms with Crippen LogP contribution in [0, 0.1) is 11.3 Å². The third-order valence-electron chi connectivity index (χ3n) is 6.64. The first-order valence-corrected chi connectivity index (χ1v) is 12.6. The highest BCUT2D eigenvalue weighted by Crippen LogP contribution is 2.28. The third kappa shape index (κ3) is 7.09. The average Bonchev–Trinajstić information content (AvgIpc) is 2.93. The van der Waals surface area contributed by atoms with Gasteiger partial charge in [0.15, 0.2) is 5.82 Å². The number of rotatable bonds is 7. The van der Waals surface area contributed by atoms with Crippen molar-refractivity contribution in [2.75, 3.05) is 38.5 Å². The molecular weight excluding hydrogens is 528 g/mol. The van der Waals surface area contributed by atoms with Crippen molar-refractivity contribution >= 4 is 24.0 Å². The number of alkyl halides is 2. The molecule has 3 aromatic rings. The predicted molar refractivity (Wildman–Crippen MR) is 145 cm³/mol. The van der Waals surface area contributed by atoms with Crippen LogP contribution in [0.2, 0.25) is 0 Å². The summed E-state index contributed by atoms with van der Waals surface area (Å²) in [5.74, 6) is 1.61. The molecule has 2 fully saturated rings. The fraction of sp³-hybridized carbons (Fsp3) is 0.407. The predicted octanol–water partition coefficient (Wildman–Crippen LogP) is 4.08. The standard InChI is InChI=1S/C27H29F2N7O2.ClH/c1-36-11-9-25(22(29)15-36)37-20-5-3-19(4-6-20)34-27-33-16-32-26(35-27)17-2-7-23(18(12-17)13-30)38-24-8-10-31-14-21(24)28;/h2-7,12,16,21-22,24-25,31H,8-11,14-15H2,1H3,(H,32,33,34,35);1H/t21-,22-,24-,25-;/m0./s1. The second kappa shape index (κ2) is 13.0. The summed E-state index contributed by atoms with van der Waals surface area (Å²) < 4.78 is 40.1. The van der Waals surface area contributed by atoms with Crippen LogP contribution in [-0.2, 0) is 0 Å². The number of halogens is 3. The summed E-state index contributed by atoms with van der Waals surface area (Å²) >= 11 is 0. The summed E-state index contributed by atoms with van der Waals surface area (Å²) in [6.45, 7) is 2.07. The Balaban J connectivity index is 0.00000353. The van der Waals surface area contributed by atoms with Gasteiger partial charge in [-0.25, -0.2) is 18.7 Å². The van der Waals surface area contributed by atoms with Gasteiger partial charge in [0.25, 0.3) is 0 Å². The smallest absolute Gasteiger partial charge is 0.230 e. The Bertz CT molecular complexity index is 1290. The highest BCUT2D eigenvalue weighted by atomic mass is 35.5. The molecule has 1 aromatic heterocycles. The monoisotopic (exact) mass is 557 g/mol. The summed E-state index contributed by atoms with van der Waals surface area (Å²) in [7, 11) is 1.90. The maximum absolute atomic E-state index is 14.3. The molecule has 2 aromatic carbocycles. The Morgan fingerprint density at radius 1 is 1.05 bits per heavy atom. The van der Waals surface area contributed by atoms with Gasteiger partial charge >= 0.3 is 0 Å². The SMILES string of the molecule is CN1CC[C@H](Oc2ccc(Nc3ncnc(-c4ccc(O[C@H]5CCNC[C@@H]5F)c(C#N)c4)n3)cc2)[C@@H](F)C1.Cl. The van der Waals surface area contributed by atoms with E-state index in [1.807, 2.05) is 11.9 Å². The van der Waals surface area contributed by atoms with Crippen LogP contribution in [0.1, 0.15) is 18.4 Å². The number of ether oxygens (including phenoxy) is 2. The molecule has 9 nitrogen and oxygen atoms in total. The summed E-state index contributed by atoms with van der Waals surface area (Å²) in [5, 5.41) is 15.8. The molecule has 0 saturated carbocycles. The molecule has 2 aliphatic heterocycles. The summed E-state index contributed by atoms with van der Waals surface area (Å²) in [4.78, 5) is 14.8. The van der Waals surface area contributed by atoms with Crippen molar-refractivity contribution in [3.63, 3.8) is 0 Å². The van der Waals surface area contributed by atoms with E-state index in [9.17, 15) is 14.0 Å². The quantitative estimate of drug-likeness (QED) is 0.444. The zero-order valence-corrected chi connectivity index (χ0v) is 22.2. The van der Waals surface area contributed by atoms with Gasteiger partial charge in [-0.05, 0) is 68.9 Å². The Kier molecular flexibility index (Phi) is 9.45. The second-order valence-corrected chi connectivity index (χ2v) is 9.49. The van der Waals surface area contributed by atoms with Gasteiger partial charge < -0.3 is 25.0 Å². The van der Waals surface area contributed by atoms with E-state index in [0.29, 0.717) is 54.8 Å². The Morgan fingerprint density at radius 3 is 2.59 bits per heavy atom. The van der Waals surface area contributed by atoms with Crippen LogP contribution in [-0.4, -0.2) is 77.6 Å². The van der Waals surface area contributed by atoms with Crippen molar-refractivity contribution in [2.45, 2.75) is 37.4 Å². The zero-order valence-electron chi connectivity index (χ0n) is 21.4. The number of hydrogen-bond donors (Lipinski definition) is 2. The minimum Gasteiger partial charge on any atom is -0.487 e. The van der Waals surface area contributed by atoms with E-state index < -0.39 is 24.6 Å². The van der Waals surface area contributed by atoms with Gasteiger partial charge in [-0.3, -0.25) is 0 Å². The summed E-state index contributed by atoms with van der Waals surface area (Å²) in [6, 6.07) is 14.3. The van der Waals surface area contributed by atoms with Crippen LogP contribution in [0.3, 0.4) is 0 Å². The molecule has 0 spiro atoms. The molecule has 12 heteroatoms. The van der Waals surface area contributed by atoms with Crippen molar-refractivity contribution in [2.24, 2.45) is 0 Å². The van der Waals surface area contributed by atoms with Crippen LogP contribution in [0.5, 0.6) is 11.5 Å². The van der Waals surface area contributed by atoms with Crippen molar-refractivity contribution < 1.29 is 18.3 Å². The second-order valence-electron chi connectivity index (χ2n) is 9.49. The average molecular weight is 558 g/mol. The maximum Gasteiger partial charge on any atom is 0.230 e. The van der Waals surface area contributed by atoms with Crippen LogP contribution in [0.25, 0.3) is 11.4 Å². The van der Waals surface area contributed by atoms with E-state index in [4.69, 9.17) is 9.47 Å². The number of hydrogen-bond acceptors (Lipinski definition) is 9. The lowest BCUT2D eigenvalue weighted by Crippen LogP contribution is -2.45. The van der Waals surface area contributed by atoms with E-state index >= 15 is 0 Å². The molecule has 0 radical (unpaired) electrons. The van der Waals surface area contributed by atoms with Gasteiger partial charge in [0.05, 0.1) is 5.56 Å². The van der Waals surface area contributed by atoms with Crippen molar-refractivity contribution in [1.29, 1.82) is 5.26 Å². The fourth-order valence-corrected chi connectivity index (χ4v) is 4.54. The fourth-order valence-electron chi connectivity index (χ4n) is 4.54. The Hall–Kier alpha value is -3.59. The number of anilines is 2. The lowest BCUT2D eigenvalue weighted by molar-refractivity contribution is 0.0313. The van der Waals surface area contributed by atoms with Gasteiger partial charge in [0, 0.05) is 30.9 Å². The molecule has 5 rings (SSSR count). The number of likely N-dealkylation sites (tertiary alicyclic amines) is 1. The number of piperidine rings is 2. The molecule has 0 bridgehead atoms. The van der Waals surface area contributed by atoms with Crippen LogP contribution in [0.15, 0.2) is 48.8 Å². The molecule has 2 saturated heterocycles. The number of benzene rings is 2. The van der Waals surface area contributed by atoms with Crippen LogP contribution >= 0.6 is 12.4 Å². The molecule has 3 heterocycles. The number of nitrogens with zero attached hydrogens (tertiary/aromatic N) is 5. The first-order chi connectivity index (χ1) is 18.5. The highest BCUT2D eigenvalue weighted by Gasteiger charge is 2.29. The van der Waals surface area contributed by atoms with E-state index in [-0.39, 0.29) is 24.5 Å². The van der Waals surface area contributed by atoms with Crippen molar-refractivity contribution in [3.8, 4) is 29.0 Å². The Labute approximate surface area is 232 Å². The van der Waals surface area contributed by atoms with Gasteiger partial charge in [0.1, 0.15) is 48.4 Å². The summed E-state index contributed by atoms with van der Waals surface area (Å²) in [6.07, 6.45) is -0.669. The number of aromatic nitrogens is 3. The van der Waals surface area contributed by atoms with E-state index in [1.54, 1.807) is 42.5 Å². The molecule has 206 valence electrons. The largest absolute Gasteiger partial charge is 0.487 e. The molecule has 2 aliphatic rings. The van der Waals surface area contributed by atoms with Crippen LogP contribution < -0.4 is 20.1 Å². The van der Waals surface area contributed by atoms with E-state index in [1.165, 1.54) is 6.33 Å². The zero-order chi connectivity index (χ0) is 26.5. The lowest BCUT2D eigenvalue weighted by Gasteiger charge is -2.32. The molecule has 2 N–H and O–H groups in total. The Morgan fingerprint density at radius 2 is 1.85 bits per heavy atom. The molecule has 0 amide bonds. The molecular formula is C27H30ClF2N7O2. The molecule has 4 atom stereocenters. The van der Waals surface area contributed by atoms with Gasteiger partial charge in [0.2, 0.25) is 5.95 Å². The first kappa shape index (κ1) is 28.4. The van der Waals surface area contributed by atoms with Gasteiger partial charge in [-0.15, -0.1) is 12.4 Å². The minimum absolute atomic E-state index is 0. The number of nitrogens with one attached hydrogen (secondary N) is 2. The lowest BCUT2D eigenvalue weighted by atomic mass is 10.1. The van der Waals surface area contributed by atoms with Crippen LogP contribution in [0.4, 0.5) is 20.4 Å². The molecule has 0 unspecified atom stereocenters. The minimum atomic E-state index is -1.14. The summed E-state index contributed by atoms with van der Waals surface area (Å²) in [5.41, 5.74) is 1.60. The maximum atomic E-state index is 14.3. The molecule has 0 aliphatic carbocycles. The highest BCUT2D eigenvalue weighted by molar-refractivity contribution is 5.85. The number of nitriles is 1. The van der Waals surface area contributed by atoms with Crippen molar-refractivity contribution in [3.05, 3.63) is 54.4 Å². The van der Waals surface area contributed by atoms with Crippen molar-refractivity contribution in [1.82, 2.24) is 25.2 Å². The van der Waals surface area contributed by atoms with Gasteiger partial charge in [-0.2, -0.15) is 10.2 Å². The topological polar surface area (TPSA) is 108 Å². The normalized spacial score (nSPS) is 23.2. The first-order valence-electron chi connectivity index (χ1n) is 12.6.